The van der Waals surface area contributed by atoms with E-state index in [1.807, 2.05) is 20.8 Å². The predicted octanol–water partition coefficient (Wildman–Crippen LogP) is 5.59. The summed E-state index contributed by atoms with van der Waals surface area (Å²) in [5, 5.41) is 33.9. The van der Waals surface area contributed by atoms with Crippen molar-refractivity contribution in [1.82, 2.24) is 0 Å². The molecule has 4 rings (SSSR count). The minimum atomic E-state index is -0.858. The van der Waals surface area contributed by atoms with Gasteiger partial charge in [-0.3, -0.25) is 4.79 Å². The first kappa shape index (κ1) is 31.3. The monoisotopic (exact) mass is 549 g/mol. The van der Waals surface area contributed by atoms with E-state index < -0.39 is 23.3 Å². The number of hydrogen-bond acceptors (Lipinski definition) is 6. The molecule has 0 unspecified atom stereocenters. The highest BCUT2D eigenvalue weighted by molar-refractivity contribution is 5.75. The number of carbonyl (C=O) groups is 1. The number of carbonyl (C=O) groups excluding carboxylic acids is 1. The average molecular weight is 550 g/mol. The lowest BCUT2D eigenvalue weighted by Crippen LogP contribution is -2.66. The molecule has 5 N–H and O–H groups in total. The first-order valence-electron chi connectivity index (χ1n) is 15.8. The number of rotatable bonds is 7. The lowest BCUT2D eigenvalue weighted by molar-refractivity contribution is -0.249. The van der Waals surface area contributed by atoms with Crippen LogP contribution in [0.4, 0.5) is 0 Å². The van der Waals surface area contributed by atoms with Crippen molar-refractivity contribution >= 4 is 5.97 Å². The van der Waals surface area contributed by atoms with Crippen molar-refractivity contribution in [3.05, 3.63) is 0 Å². The predicted molar refractivity (Wildman–Crippen MR) is 155 cm³/mol. The van der Waals surface area contributed by atoms with Crippen LogP contribution in [0.5, 0.6) is 0 Å². The van der Waals surface area contributed by atoms with Gasteiger partial charge in [0.2, 0.25) is 0 Å². The summed E-state index contributed by atoms with van der Waals surface area (Å²) in [6, 6.07) is -0.614. The Kier molecular flexibility index (Phi) is 7.97. The summed E-state index contributed by atoms with van der Waals surface area (Å²) < 4.78 is 5.98. The molecule has 0 radical (unpaired) electrons. The second-order valence-corrected chi connectivity index (χ2v) is 16.6. The van der Waals surface area contributed by atoms with E-state index in [-0.39, 0.29) is 45.6 Å². The molecule has 4 saturated carbocycles. The van der Waals surface area contributed by atoms with Gasteiger partial charge in [-0.25, -0.2) is 0 Å². The third kappa shape index (κ3) is 5.02. The highest BCUT2D eigenvalue weighted by Crippen LogP contribution is 2.75. The number of ether oxygens (including phenoxy) is 1. The molecule has 0 bridgehead atoms. The fourth-order valence-electron chi connectivity index (χ4n) is 11.0. The topological polar surface area (TPSA) is 113 Å². The standard InChI is InChI=1S/C33H59NO5/c1-20(34)27(36)39-25-13-16-30(6)23(29(25,4)5)12-18-31(7)24(30)19-22(35)26-21(11-17-32(26,31)8)33(9,38)15-10-14-28(2,3)37/h20-26,35,37-38H,10-19,34H2,1-9H3/t20-,21-,22+,23-,24+,25-,26-,30-,31+,32+,33-/m0/s1. The van der Waals surface area contributed by atoms with E-state index in [2.05, 4.69) is 34.6 Å². The maximum absolute atomic E-state index is 12.4. The molecule has 39 heavy (non-hydrogen) atoms. The third-order valence-corrected chi connectivity index (χ3v) is 13.2. The molecule has 0 saturated heterocycles. The maximum atomic E-state index is 12.4. The van der Waals surface area contributed by atoms with E-state index in [4.69, 9.17) is 10.5 Å². The van der Waals surface area contributed by atoms with Crippen LogP contribution < -0.4 is 5.73 Å². The summed E-state index contributed by atoms with van der Waals surface area (Å²) in [6.07, 6.45) is 8.28. The lowest BCUT2D eigenvalue weighted by atomic mass is 9.35. The molecule has 0 heterocycles. The van der Waals surface area contributed by atoms with Gasteiger partial charge in [0, 0.05) is 5.41 Å². The van der Waals surface area contributed by atoms with Crippen LogP contribution in [0, 0.1) is 45.3 Å². The Hall–Kier alpha value is -0.690. The molecule has 6 heteroatoms. The zero-order valence-electron chi connectivity index (χ0n) is 26.3. The van der Waals surface area contributed by atoms with E-state index in [0.29, 0.717) is 24.7 Å². The Labute approximate surface area is 237 Å². The smallest absolute Gasteiger partial charge is 0.322 e. The molecular formula is C33H59NO5. The number of esters is 1. The van der Waals surface area contributed by atoms with Crippen LogP contribution >= 0.6 is 0 Å². The van der Waals surface area contributed by atoms with Gasteiger partial charge in [0.15, 0.2) is 0 Å². The molecule has 6 nitrogen and oxygen atoms in total. The van der Waals surface area contributed by atoms with Crippen molar-refractivity contribution in [1.29, 1.82) is 0 Å². The maximum Gasteiger partial charge on any atom is 0.322 e. The van der Waals surface area contributed by atoms with Gasteiger partial charge in [0.05, 0.1) is 17.3 Å². The zero-order valence-corrected chi connectivity index (χ0v) is 26.3. The molecule has 4 aliphatic rings. The van der Waals surface area contributed by atoms with Crippen LogP contribution in [0.1, 0.15) is 127 Å². The quantitative estimate of drug-likeness (QED) is 0.308. The van der Waals surface area contributed by atoms with E-state index in [0.717, 1.165) is 51.4 Å². The van der Waals surface area contributed by atoms with E-state index in [1.54, 1.807) is 6.92 Å². The molecule has 4 fully saturated rings. The van der Waals surface area contributed by atoms with E-state index >= 15 is 0 Å². The Morgan fingerprint density at radius 3 is 2.15 bits per heavy atom. The van der Waals surface area contributed by atoms with Gasteiger partial charge in [-0.15, -0.1) is 0 Å². The Balaban J connectivity index is 1.59. The molecule has 0 aliphatic heterocycles. The van der Waals surface area contributed by atoms with Crippen LogP contribution in [0.15, 0.2) is 0 Å². The number of hydrogen-bond donors (Lipinski definition) is 4. The van der Waals surface area contributed by atoms with Crippen molar-refractivity contribution in [3.8, 4) is 0 Å². The van der Waals surface area contributed by atoms with E-state index in [9.17, 15) is 20.1 Å². The Morgan fingerprint density at radius 1 is 0.949 bits per heavy atom. The minimum Gasteiger partial charge on any atom is -0.461 e. The fourth-order valence-corrected chi connectivity index (χ4v) is 11.0. The zero-order chi connectivity index (χ0) is 29.4. The van der Waals surface area contributed by atoms with E-state index in [1.165, 1.54) is 0 Å². The van der Waals surface area contributed by atoms with Gasteiger partial charge in [0.1, 0.15) is 12.1 Å². The summed E-state index contributed by atoms with van der Waals surface area (Å²) in [6.45, 7) is 19.2. The fraction of sp³-hybridized carbons (Fsp3) is 0.970. The lowest BCUT2D eigenvalue weighted by Gasteiger charge is -2.70. The molecule has 0 amide bonds. The van der Waals surface area contributed by atoms with Gasteiger partial charge in [-0.1, -0.05) is 34.6 Å². The number of aliphatic hydroxyl groups is 3. The summed E-state index contributed by atoms with van der Waals surface area (Å²) >= 11 is 0. The molecule has 11 atom stereocenters. The van der Waals surface area contributed by atoms with Crippen molar-refractivity contribution in [2.45, 2.75) is 156 Å². The van der Waals surface area contributed by atoms with Gasteiger partial charge in [-0.05, 0) is 132 Å². The highest BCUT2D eigenvalue weighted by atomic mass is 16.5. The van der Waals surface area contributed by atoms with Gasteiger partial charge in [-0.2, -0.15) is 0 Å². The van der Waals surface area contributed by atoms with Crippen LogP contribution in [-0.2, 0) is 9.53 Å². The first-order chi connectivity index (χ1) is 17.7. The highest BCUT2D eigenvalue weighted by Gasteiger charge is 2.71. The normalized spacial score (nSPS) is 45.9. The van der Waals surface area contributed by atoms with Gasteiger partial charge < -0.3 is 25.8 Å². The second-order valence-electron chi connectivity index (χ2n) is 16.6. The molecule has 0 spiro atoms. The second kappa shape index (κ2) is 9.95. The molecule has 0 aromatic carbocycles. The number of aliphatic hydroxyl groups excluding tert-OH is 1. The van der Waals surface area contributed by atoms with Crippen molar-refractivity contribution < 1.29 is 24.9 Å². The van der Waals surface area contributed by atoms with Crippen LogP contribution in [-0.4, -0.2) is 50.7 Å². The van der Waals surface area contributed by atoms with Crippen molar-refractivity contribution in [2.24, 2.45) is 51.1 Å². The SMILES string of the molecule is C[C@H](N)C(=O)O[C@H]1CC[C@]2(C)[C@H]3C[C@@H](O)[C@@H]4[C@@H]([C@@](C)(O)CCCC(C)(C)O)CC[C@@]4(C)[C@]3(C)CC[C@H]2C1(C)C. The summed E-state index contributed by atoms with van der Waals surface area (Å²) in [4.78, 5) is 12.4. The van der Waals surface area contributed by atoms with Gasteiger partial charge >= 0.3 is 5.97 Å². The largest absolute Gasteiger partial charge is 0.461 e. The molecule has 0 aromatic heterocycles. The average Bonchev–Trinajstić information content (AvgIpc) is 3.17. The molecule has 4 aliphatic carbocycles. The van der Waals surface area contributed by atoms with Crippen molar-refractivity contribution in [3.63, 3.8) is 0 Å². The Bertz CT molecular complexity index is 924. The van der Waals surface area contributed by atoms with Crippen LogP contribution in [0.25, 0.3) is 0 Å². The molecule has 0 aromatic rings. The molecule has 226 valence electrons. The summed E-state index contributed by atoms with van der Waals surface area (Å²) in [5.74, 6) is 0.604. The summed E-state index contributed by atoms with van der Waals surface area (Å²) in [5.41, 5.74) is 4.17. The van der Waals surface area contributed by atoms with Crippen LogP contribution in [0.3, 0.4) is 0 Å². The third-order valence-electron chi connectivity index (χ3n) is 13.2. The summed E-state index contributed by atoms with van der Waals surface area (Å²) in [7, 11) is 0. The van der Waals surface area contributed by atoms with Crippen LogP contribution in [0.2, 0.25) is 0 Å². The number of fused-ring (bicyclic) bond motifs is 5. The van der Waals surface area contributed by atoms with Gasteiger partial charge in [0.25, 0.3) is 0 Å². The first-order valence-corrected chi connectivity index (χ1v) is 15.8. The Morgan fingerprint density at radius 2 is 1.56 bits per heavy atom. The molecular weight excluding hydrogens is 490 g/mol. The minimum absolute atomic E-state index is 0.0450. The number of nitrogens with two attached hydrogens (primary N) is 1. The van der Waals surface area contributed by atoms with Crippen molar-refractivity contribution in [2.75, 3.05) is 0 Å².